The summed E-state index contributed by atoms with van der Waals surface area (Å²) < 4.78 is 11.3. The van der Waals surface area contributed by atoms with Gasteiger partial charge >= 0.3 is 5.97 Å². The fraction of sp³-hybridized carbons (Fsp3) is 0.286. The van der Waals surface area contributed by atoms with Crippen LogP contribution in [0, 0.1) is 0 Å². The molecule has 5 nitrogen and oxygen atoms in total. The van der Waals surface area contributed by atoms with Crippen molar-refractivity contribution < 1.29 is 19.4 Å². The number of ether oxygens (including phenoxy) is 2. The van der Waals surface area contributed by atoms with E-state index in [0.717, 1.165) is 21.4 Å². The van der Waals surface area contributed by atoms with Crippen LogP contribution in [0.2, 0.25) is 0 Å². The molecule has 7 heteroatoms. The van der Waals surface area contributed by atoms with Crippen molar-refractivity contribution in [3.05, 3.63) is 27.2 Å². The number of hydrogen-bond donors (Lipinski definition) is 1. The summed E-state index contributed by atoms with van der Waals surface area (Å²) in [5, 5.41) is 9.86. The number of benzene rings is 1. The third kappa shape index (κ3) is 3.03. The van der Waals surface area contributed by atoms with Crippen LogP contribution in [0.1, 0.15) is 22.3 Å². The lowest BCUT2D eigenvalue weighted by atomic mass is 10.2. The van der Waals surface area contributed by atoms with Gasteiger partial charge in [0.2, 0.25) is 0 Å². The van der Waals surface area contributed by atoms with Crippen LogP contribution in [0.15, 0.2) is 16.6 Å². The molecule has 2 aromatic rings. The molecule has 0 aliphatic heterocycles. The zero-order valence-electron chi connectivity index (χ0n) is 11.8. The summed E-state index contributed by atoms with van der Waals surface area (Å²) in [4.78, 5) is 15.9. The van der Waals surface area contributed by atoms with E-state index in [4.69, 9.17) is 9.47 Å². The fourth-order valence-electron chi connectivity index (χ4n) is 1.92. The molecule has 0 atom stereocenters. The average Bonchev–Trinajstić information content (AvgIpc) is 2.90. The summed E-state index contributed by atoms with van der Waals surface area (Å²) in [5.74, 6) is 0.203. The van der Waals surface area contributed by atoms with Gasteiger partial charge in [0.05, 0.1) is 24.4 Å². The lowest BCUT2D eigenvalue weighted by molar-refractivity contribution is 0.0701. The predicted molar refractivity (Wildman–Crippen MR) is 84.7 cm³/mol. The first-order chi connectivity index (χ1) is 10.0. The van der Waals surface area contributed by atoms with Crippen molar-refractivity contribution in [3.8, 4) is 22.1 Å². The highest BCUT2D eigenvalue weighted by Gasteiger charge is 2.19. The number of aromatic carboxylic acids is 1. The van der Waals surface area contributed by atoms with E-state index in [-0.39, 0.29) is 4.88 Å². The van der Waals surface area contributed by atoms with E-state index in [1.54, 1.807) is 20.3 Å². The SMILES string of the molecule is CCc1nc(-c2cc(Br)c(OC)c(OC)c2)sc1C(=O)O. The van der Waals surface area contributed by atoms with Crippen LogP contribution in [0.3, 0.4) is 0 Å². The van der Waals surface area contributed by atoms with Gasteiger partial charge in [-0.15, -0.1) is 11.3 Å². The van der Waals surface area contributed by atoms with Crippen LogP contribution < -0.4 is 9.47 Å². The minimum Gasteiger partial charge on any atom is -0.493 e. The maximum Gasteiger partial charge on any atom is 0.347 e. The van der Waals surface area contributed by atoms with Crippen LogP contribution >= 0.6 is 27.3 Å². The molecule has 0 amide bonds. The van der Waals surface area contributed by atoms with Crippen LogP contribution in [0.25, 0.3) is 10.6 Å². The Bertz CT molecular complexity index is 684. The Labute approximate surface area is 134 Å². The molecule has 0 aliphatic carbocycles. The first-order valence-corrected chi connectivity index (χ1v) is 7.77. The maximum atomic E-state index is 11.2. The molecule has 0 radical (unpaired) electrons. The van der Waals surface area contributed by atoms with E-state index in [1.165, 1.54) is 0 Å². The third-order valence-corrected chi connectivity index (χ3v) is 4.63. The number of hydrogen-bond acceptors (Lipinski definition) is 5. The Hall–Kier alpha value is -1.60. The summed E-state index contributed by atoms with van der Waals surface area (Å²) >= 11 is 4.58. The van der Waals surface area contributed by atoms with E-state index >= 15 is 0 Å². The van der Waals surface area contributed by atoms with Crippen molar-refractivity contribution in [2.24, 2.45) is 0 Å². The van der Waals surface area contributed by atoms with Crippen LogP contribution in [-0.2, 0) is 6.42 Å². The maximum absolute atomic E-state index is 11.2. The lowest BCUT2D eigenvalue weighted by Gasteiger charge is -2.10. The Morgan fingerprint density at radius 3 is 2.57 bits per heavy atom. The van der Waals surface area contributed by atoms with Crippen LogP contribution in [0.4, 0.5) is 0 Å². The highest BCUT2D eigenvalue weighted by atomic mass is 79.9. The molecule has 0 saturated heterocycles. The number of nitrogens with zero attached hydrogens (tertiary/aromatic N) is 1. The molecule has 0 fully saturated rings. The van der Waals surface area contributed by atoms with Gasteiger partial charge in [0, 0.05) is 5.56 Å². The van der Waals surface area contributed by atoms with E-state index in [1.807, 2.05) is 13.0 Å². The van der Waals surface area contributed by atoms with E-state index in [0.29, 0.717) is 28.6 Å². The number of aromatic nitrogens is 1. The van der Waals surface area contributed by atoms with Crippen molar-refractivity contribution in [3.63, 3.8) is 0 Å². The van der Waals surface area contributed by atoms with Gasteiger partial charge in [0.15, 0.2) is 11.5 Å². The number of methoxy groups -OCH3 is 2. The van der Waals surface area contributed by atoms with Crippen molar-refractivity contribution in [2.45, 2.75) is 13.3 Å². The fourth-order valence-corrected chi connectivity index (χ4v) is 3.51. The summed E-state index contributed by atoms with van der Waals surface area (Å²) in [5.41, 5.74) is 1.38. The minimum absolute atomic E-state index is 0.276. The molecule has 2 rings (SSSR count). The average molecular weight is 372 g/mol. The molecular formula is C14H14BrNO4S. The standard InChI is InChI=1S/C14H14BrNO4S/c1-4-9-12(14(17)18)21-13(16-9)7-5-8(15)11(20-3)10(6-7)19-2/h5-6H,4H2,1-3H3,(H,17,18). The highest BCUT2D eigenvalue weighted by Crippen LogP contribution is 2.40. The van der Waals surface area contributed by atoms with E-state index < -0.39 is 5.97 Å². The van der Waals surface area contributed by atoms with Crippen molar-refractivity contribution in [2.75, 3.05) is 14.2 Å². The third-order valence-electron chi connectivity index (χ3n) is 2.91. The van der Waals surface area contributed by atoms with Gasteiger partial charge in [0.1, 0.15) is 9.88 Å². The zero-order chi connectivity index (χ0) is 15.6. The predicted octanol–water partition coefficient (Wildman–Crippen LogP) is 3.85. The molecule has 112 valence electrons. The number of thiazole rings is 1. The van der Waals surface area contributed by atoms with Gasteiger partial charge in [-0.1, -0.05) is 6.92 Å². The number of carboxylic acid groups (broad SMARTS) is 1. The summed E-state index contributed by atoms with van der Waals surface area (Å²) in [6.45, 7) is 1.88. The molecule has 1 heterocycles. The summed E-state index contributed by atoms with van der Waals surface area (Å²) in [6, 6.07) is 3.62. The molecular weight excluding hydrogens is 358 g/mol. The minimum atomic E-state index is -0.949. The van der Waals surface area contributed by atoms with Crippen LogP contribution in [0.5, 0.6) is 11.5 Å². The molecule has 1 aromatic heterocycles. The second kappa shape index (κ2) is 6.44. The van der Waals surface area contributed by atoms with Crippen molar-refractivity contribution in [1.29, 1.82) is 0 Å². The van der Waals surface area contributed by atoms with Crippen LogP contribution in [-0.4, -0.2) is 30.3 Å². The van der Waals surface area contributed by atoms with Gasteiger partial charge in [-0.25, -0.2) is 9.78 Å². The number of rotatable bonds is 5. The molecule has 0 spiro atoms. The van der Waals surface area contributed by atoms with Crippen molar-refractivity contribution >= 4 is 33.2 Å². The Balaban J connectivity index is 2.57. The molecule has 1 aromatic carbocycles. The number of aryl methyl sites for hydroxylation is 1. The topological polar surface area (TPSA) is 68.7 Å². The normalized spacial score (nSPS) is 10.5. The van der Waals surface area contributed by atoms with Crippen molar-refractivity contribution in [1.82, 2.24) is 4.98 Å². The van der Waals surface area contributed by atoms with Gasteiger partial charge in [0.25, 0.3) is 0 Å². The Morgan fingerprint density at radius 1 is 1.38 bits per heavy atom. The molecule has 0 unspecified atom stereocenters. The number of carbonyl (C=O) groups is 1. The summed E-state index contributed by atoms with van der Waals surface area (Å²) in [6.07, 6.45) is 0.576. The molecule has 21 heavy (non-hydrogen) atoms. The largest absolute Gasteiger partial charge is 0.493 e. The second-order valence-corrected chi connectivity index (χ2v) is 6.00. The zero-order valence-corrected chi connectivity index (χ0v) is 14.2. The van der Waals surface area contributed by atoms with E-state index in [9.17, 15) is 9.90 Å². The molecule has 1 N–H and O–H groups in total. The summed E-state index contributed by atoms with van der Waals surface area (Å²) in [7, 11) is 3.11. The number of carboxylic acids is 1. The van der Waals surface area contributed by atoms with Gasteiger partial charge in [-0.05, 0) is 34.5 Å². The van der Waals surface area contributed by atoms with Gasteiger partial charge < -0.3 is 14.6 Å². The Kier molecular flexibility index (Phi) is 4.84. The van der Waals surface area contributed by atoms with Gasteiger partial charge in [-0.3, -0.25) is 0 Å². The highest BCUT2D eigenvalue weighted by molar-refractivity contribution is 9.10. The van der Waals surface area contributed by atoms with E-state index in [2.05, 4.69) is 20.9 Å². The monoisotopic (exact) mass is 371 g/mol. The molecule has 0 saturated carbocycles. The second-order valence-electron chi connectivity index (χ2n) is 4.15. The quantitative estimate of drug-likeness (QED) is 0.864. The lowest BCUT2D eigenvalue weighted by Crippen LogP contribution is -1.97. The molecule has 0 bridgehead atoms. The molecule has 0 aliphatic rings. The Morgan fingerprint density at radius 2 is 2.10 bits per heavy atom. The smallest absolute Gasteiger partial charge is 0.347 e. The first-order valence-electron chi connectivity index (χ1n) is 6.16. The van der Waals surface area contributed by atoms with Gasteiger partial charge in [-0.2, -0.15) is 0 Å². The first kappa shape index (κ1) is 15.8. The number of halogens is 1.